The van der Waals surface area contributed by atoms with Crippen molar-refractivity contribution in [1.29, 1.82) is 0 Å². The second-order valence-electron chi connectivity index (χ2n) is 5.34. The maximum atomic E-state index is 12.4. The summed E-state index contributed by atoms with van der Waals surface area (Å²) in [7, 11) is -0.364. The van der Waals surface area contributed by atoms with Gasteiger partial charge in [-0.3, -0.25) is 0 Å². The molecular formula is C17H20BrNO4S. The molecule has 2 rings (SSSR count). The number of halogens is 1. The molecule has 24 heavy (non-hydrogen) atoms. The summed E-state index contributed by atoms with van der Waals surface area (Å²) < 4.78 is 38.8. The molecule has 0 aliphatic carbocycles. The molecule has 0 radical (unpaired) electrons. The van der Waals surface area contributed by atoms with E-state index < -0.39 is 10.0 Å². The fourth-order valence-electron chi connectivity index (χ4n) is 2.30. The Morgan fingerprint density at radius 3 is 2.25 bits per heavy atom. The van der Waals surface area contributed by atoms with E-state index in [4.69, 9.17) is 9.47 Å². The quantitative estimate of drug-likeness (QED) is 0.752. The molecule has 2 aromatic carbocycles. The molecule has 0 fully saturated rings. The first-order chi connectivity index (χ1) is 11.3. The lowest BCUT2D eigenvalue weighted by molar-refractivity contribution is 0.354. The summed E-state index contributed by atoms with van der Waals surface area (Å²) in [6, 6.07) is 12.2. The fourth-order valence-corrected chi connectivity index (χ4v) is 3.95. The zero-order valence-corrected chi connectivity index (χ0v) is 16.1. The minimum atomic E-state index is -3.47. The third kappa shape index (κ3) is 4.96. The molecule has 5 nitrogen and oxygen atoms in total. The Hall–Kier alpha value is -1.57. The van der Waals surface area contributed by atoms with Gasteiger partial charge in [-0.05, 0) is 42.3 Å². The van der Waals surface area contributed by atoms with Crippen LogP contribution in [0.5, 0.6) is 11.5 Å². The van der Waals surface area contributed by atoms with Gasteiger partial charge in [0.15, 0.2) is 11.5 Å². The number of hydrogen-bond donors (Lipinski definition) is 1. The first-order valence-corrected chi connectivity index (χ1v) is 9.75. The van der Waals surface area contributed by atoms with Crippen molar-refractivity contribution in [1.82, 2.24) is 4.72 Å². The number of ether oxygens (including phenoxy) is 2. The Labute approximate surface area is 151 Å². The summed E-state index contributed by atoms with van der Waals surface area (Å²) in [4.78, 5) is 0. The summed E-state index contributed by atoms with van der Waals surface area (Å²) in [5, 5.41) is 0. The van der Waals surface area contributed by atoms with Gasteiger partial charge in [0.25, 0.3) is 0 Å². The van der Waals surface area contributed by atoms with Crippen LogP contribution in [0.25, 0.3) is 0 Å². The van der Waals surface area contributed by atoms with Crippen molar-refractivity contribution < 1.29 is 17.9 Å². The van der Waals surface area contributed by atoms with Gasteiger partial charge in [0.1, 0.15) is 0 Å². The van der Waals surface area contributed by atoms with Crippen LogP contribution in [0.3, 0.4) is 0 Å². The van der Waals surface area contributed by atoms with Crippen LogP contribution < -0.4 is 14.2 Å². The third-order valence-electron chi connectivity index (χ3n) is 3.53. The molecule has 0 spiro atoms. The van der Waals surface area contributed by atoms with Gasteiger partial charge in [0.05, 0.1) is 20.0 Å². The first kappa shape index (κ1) is 18.8. The van der Waals surface area contributed by atoms with E-state index in [1.54, 1.807) is 45.4 Å². The smallest absolute Gasteiger partial charge is 0.216 e. The summed E-state index contributed by atoms with van der Waals surface area (Å²) in [5.74, 6) is 1.10. The molecule has 0 unspecified atom stereocenters. The molecule has 130 valence electrons. The predicted molar refractivity (Wildman–Crippen MR) is 97.9 cm³/mol. The summed E-state index contributed by atoms with van der Waals surface area (Å²) in [6.07, 6.45) is 0. The van der Waals surface area contributed by atoms with Crippen LogP contribution >= 0.6 is 15.9 Å². The first-order valence-electron chi connectivity index (χ1n) is 7.31. The van der Waals surface area contributed by atoms with E-state index >= 15 is 0 Å². The Morgan fingerprint density at radius 2 is 1.67 bits per heavy atom. The SMILES string of the molecule is COc1ccc([C@H](C)NS(=O)(=O)Cc2ccc(Br)cc2)cc1OC. The summed E-state index contributed by atoms with van der Waals surface area (Å²) >= 11 is 3.33. The Bertz CT molecular complexity index is 791. The van der Waals surface area contributed by atoms with Gasteiger partial charge in [0.2, 0.25) is 10.0 Å². The lowest BCUT2D eigenvalue weighted by atomic mass is 10.1. The molecule has 2 aromatic rings. The lowest BCUT2D eigenvalue weighted by Crippen LogP contribution is -2.28. The van der Waals surface area contributed by atoms with E-state index in [0.717, 1.165) is 15.6 Å². The van der Waals surface area contributed by atoms with Crippen molar-refractivity contribution in [3.63, 3.8) is 0 Å². The van der Waals surface area contributed by atoms with E-state index in [-0.39, 0.29) is 11.8 Å². The van der Waals surface area contributed by atoms with Crippen LogP contribution in [0.4, 0.5) is 0 Å². The normalized spacial score (nSPS) is 12.7. The summed E-state index contributed by atoms with van der Waals surface area (Å²) in [5.41, 5.74) is 1.53. The standard InChI is InChI=1S/C17H20BrNO4S/c1-12(14-6-9-16(22-2)17(10-14)23-3)19-24(20,21)11-13-4-7-15(18)8-5-13/h4-10,12,19H,11H2,1-3H3/t12-/m0/s1. The fraction of sp³-hybridized carbons (Fsp3) is 0.294. The van der Waals surface area contributed by atoms with Crippen LogP contribution in [-0.2, 0) is 15.8 Å². The Balaban J connectivity index is 2.12. The zero-order chi connectivity index (χ0) is 17.7. The minimum absolute atomic E-state index is 0.0715. The van der Waals surface area contributed by atoms with E-state index in [9.17, 15) is 8.42 Å². The monoisotopic (exact) mass is 413 g/mol. The molecule has 0 aliphatic rings. The highest BCUT2D eigenvalue weighted by atomic mass is 79.9. The maximum absolute atomic E-state index is 12.4. The third-order valence-corrected chi connectivity index (χ3v) is 5.49. The second kappa shape index (κ2) is 8.00. The second-order valence-corrected chi connectivity index (χ2v) is 8.01. The molecule has 7 heteroatoms. The van der Waals surface area contributed by atoms with Crippen molar-refractivity contribution in [2.24, 2.45) is 0 Å². The molecule has 0 saturated carbocycles. The van der Waals surface area contributed by atoms with E-state index in [1.807, 2.05) is 18.2 Å². The van der Waals surface area contributed by atoms with Crippen LogP contribution in [0, 0.1) is 0 Å². The number of hydrogen-bond acceptors (Lipinski definition) is 4. The van der Waals surface area contributed by atoms with Crippen LogP contribution in [0.1, 0.15) is 24.1 Å². The average molecular weight is 414 g/mol. The molecule has 1 N–H and O–H groups in total. The summed E-state index contributed by atoms with van der Waals surface area (Å²) in [6.45, 7) is 1.79. The number of benzene rings is 2. The molecule has 0 heterocycles. The van der Waals surface area contributed by atoms with E-state index in [2.05, 4.69) is 20.7 Å². The van der Waals surface area contributed by atoms with Gasteiger partial charge in [-0.25, -0.2) is 13.1 Å². The van der Waals surface area contributed by atoms with Gasteiger partial charge in [0, 0.05) is 10.5 Å². The van der Waals surface area contributed by atoms with Gasteiger partial charge in [-0.2, -0.15) is 0 Å². The number of methoxy groups -OCH3 is 2. The van der Waals surface area contributed by atoms with Crippen LogP contribution in [0.2, 0.25) is 0 Å². The van der Waals surface area contributed by atoms with Crippen LogP contribution in [-0.4, -0.2) is 22.6 Å². The molecule has 1 atom stereocenters. The Morgan fingerprint density at radius 1 is 1.04 bits per heavy atom. The zero-order valence-electron chi connectivity index (χ0n) is 13.7. The van der Waals surface area contributed by atoms with Crippen molar-refractivity contribution in [2.75, 3.05) is 14.2 Å². The molecule has 0 saturated heterocycles. The van der Waals surface area contributed by atoms with Gasteiger partial charge in [-0.15, -0.1) is 0 Å². The highest BCUT2D eigenvalue weighted by molar-refractivity contribution is 9.10. The van der Waals surface area contributed by atoms with Crippen molar-refractivity contribution in [3.05, 3.63) is 58.1 Å². The molecule has 0 aromatic heterocycles. The van der Waals surface area contributed by atoms with Gasteiger partial charge >= 0.3 is 0 Å². The maximum Gasteiger partial charge on any atom is 0.216 e. The van der Waals surface area contributed by atoms with Crippen LogP contribution in [0.15, 0.2) is 46.9 Å². The lowest BCUT2D eigenvalue weighted by Gasteiger charge is -2.17. The van der Waals surface area contributed by atoms with Gasteiger partial charge < -0.3 is 9.47 Å². The molecule has 0 bridgehead atoms. The molecular weight excluding hydrogens is 394 g/mol. The van der Waals surface area contributed by atoms with Crippen molar-refractivity contribution in [2.45, 2.75) is 18.7 Å². The number of sulfonamides is 1. The molecule has 0 amide bonds. The topological polar surface area (TPSA) is 64.6 Å². The van der Waals surface area contributed by atoms with Crippen molar-refractivity contribution >= 4 is 26.0 Å². The number of rotatable bonds is 7. The number of nitrogens with one attached hydrogen (secondary N) is 1. The van der Waals surface area contributed by atoms with Crippen molar-refractivity contribution in [3.8, 4) is 11.5 Å². The van der Waals surface area contributed by atoms with E-state index in [1.165, 1.54) is 0 Å². The largest absolute Gasteiger partial charge is 0.493 e. The highest BCUT2D eigenvalue weighted by Crippen LogP contribution is 2.30. The minimum Gasteiger partial charge on any atom is -0.493 e. The van der Waals surface area contributed by atoms with E-state index in [0.29, 0.717) is 11.5 Å². The van der Waals surface area contributed by atoms with Gasteiger partial charge in [-0.1, -0.05) is 34.1 Å². The molecule has 0 aliphatic heterocycles. The predicted octanol–water partition coefficient (Wildman–Crippen LogP) is 3.65. The Kier molecular flexibility index (Phi) is 6.26. The highest BCUT2D eigenvalue weighted by Gasteiger charge is 2.18. The average Bonchev–Trinajstić information content (AvgIpc) is 2.55.